The largest absolute Gasteiger partial charge is 0.425 e. The van der Waals surface area contributed by atoms with Gasteiger partial charge in [-0.3, -0.25) is 4.79 Å². The predicted octanol–water partition coefficient (Wildman–Crippen LogP) is 2.59. The van der Waals surface area contributed by atoms with Crippen LogP contribution in [0.1, 0.15) is 29.9 Å². The van der Waals surface area contributed by atoms with Crippen LogP contribution in [-0.4, -0.2) is 29.0 Å². The molecule has 1 aromatic carbocycles. The zero-order chi connectivity index (χ0) is 15.8. The van der Waals surface area contributed by atoms with Gasteiger partial charge in [0.05, 0.1) is 11.1 Å². The molecule has 2 aromatic rings. The van der Waals surface area contributed by atoms with Crippen molar-refractivity contribution in [3.8, 4) is 0 Å². The molecule has 120 valence electrons. The lowest BCUT2D eigenvalue weighted by Crippen LogP contribution is -2.43. The van der Waals surface area contributed by atoms with Crippen LogP contribution in [0.3, 0.4) is 0 Å². The zero-order valence-corrected chi connectivity index (χ0v) is 13.1. The van der Waals surface area contributed by atoms with Crippen molar-refractivity contribution < 1.29 is 13.6 Å². The number of oxazole rings is 1. The van der Waals surface area contributed by atoms with Crippen LogP contribution < -0.4 is 10.6 Å². The van der Waals surface area contributed by atoms with Gasteiger partial charge in [0.15, 0.2) is 5.09 Å². The Labute approximate surface area is 137 Å². The fraction of sp³-hybridized carbons (Fsp3) is 0.375. The van der Waals surface area contributed by atoms with Crippen molar-refractivity contribution in [1.29, 1.82) is 0 Å². The van der Waals surface area contributed by atoms with Gasteiger partial charge in [0, 0.05) is 18.1 Å². The first-order chi connectivity index (χ1) is 11.2. The number of carbonyl (C=O) groups is 1. The van der Waals surface area contributed by atoms with E-state index in [2.05, 4.69) is 15.6 Å². The Hall–Kier alpha value is -1.86. The van der Waals surface area contributed by atoms with Gasteiger partial charge in [-0.15, -0.1) is 0 Å². The maximum absolute atomic E-state index is 13.6. The fourth-order valence-electron chi connectivity index (χ4n) is 3.26. The molecule has 1 amide bonds. The van der Waals surface area contributed by atoms with Gasteiger partial charge in [0.1, 0.15) is 5.82 Å². The third kappa shape index (κ3) is 2.98. The summed E-state index contributed by atoms with van der Waals surface area (Å²) < 4.78 is 19.1. The van der Waals surface area contributed by atoms with Crippen LogP contribution in [0.15, 0.2) is 44.9 Å². The van der Waals surface area contributed by atoms with E-state index in [0.717, 1.165) is 24.6 Å². The first kappa shape index (κ1) is 14.7. The van der Waals surface area contributed by atoms with Gasteiger partial charge in [0.25, 0.3) is 5.89 Å². The third-order valence-electron chi connectivity index (χ3n) is 4.34. The second-order valence-corrected chi connectivity index (χ2v) is 6.93. The van der Waals surface area contributed by atoms with Crippen molar-refractivity contribution in [3.05, 3.63) is 42.2 Å². The van der Waals surface area contributed by atoms with E-state index in [1.165, 1.54) is 18.7 Å². The molecule has 0 spiro atoms. The fourth-order valence-corrected chi connectivity index (χ4v) is 4.02. The number of nitrogens with one attached hydrogen (secondary N) is 2. The Balaban J connectivity index is 1.41. The van der Waals surface area contributed by atoms with E-state index in [1.54, 1.807) is 18.2 Å². The second-order valence-electron chi connectivity index (χ2n) is 5.88. The number of hydrogen-bond acceptors (Lipinski definition) is 5. The van der Waals surface area contributed by atoms with Crippen molar-refractivity contribution in [2.24, 2.45) is 0 Å². The molecule has 0 radical (unpaired) electrons. The van der Waals surface area contributed by atoms with Gasteiger partial charge < -0.3 is 15.1 Å². The SMILES string of the molecule is O=C(NC1CC2CCC1N2)c1ncc(Sc2ccccc2F)o1. The summed E-state index contributed by atoms with van der Waals surface area (Å²) in [6.07, 6.45) is 4.67. The van der Waals surface area contributed by atoms with Crippen LogP contribution in [0.4, 0.5) is 4.39 Å². The van der Waals surface area contributed by atoms with Crippen LogP contribution >= 0.6 is 11.8 Å². The Kier molecular flexibility index (Phi) is 3.82. The molecule has 2 aliphatic rings. The van der Waals surface area contributed by atoms with Gasteiger partial charge in [0.2, 0.25) is 0 Å². The summed E-state index contributed by atoms with van der Waals surface area (Å²) in [4.78, 5) is 16.7. The topological polar surface area (TPSA) is 67.2 Å². The lowest BCUT2D eigenvalue weighted by Gasteiger charge is -2.20. The minimum atomic E-state index is -0.326. The molecule has 7 heteroatoms. The molecular weight excluding hydrogens is 317 g/mol. The highest BCUT2D eigenvalue weighted by Crippen LogP contribution is 2.31. The molecule has 2 fully saturated rings. The second kappa shape index (κ2) is 5.98. The maximum atomic E-state index is 13.6. The number of aromatic nitrogens is 1. The van der Waals surface area contributed by atoms with Gasteiger partial charge >= 0.3 is 5.91 Å². The lowest BCUT2D eigenvalue weighted by molar-refractivity contribution is 0.0890. The Morgan fingerprint density at radius 2 is 2.26 bits per heavy atom. The Bertz CT molecular complexity index is 736. The molecule has 2 saturated heterocycles. The summed E-state index contributed by atoms with van der Waals surface area (Å²) in [5.74, 6) is -0.621. The summed E-state index contributed by atoms with van der Waals surface area (Å²) >= 11 is 1.11. The van der Waals surface area contributed by atoms with E-state index in [4.69, 9.17) is 4.42 Å². The number of hydrogen-bond donors (Lipinski definition) is 2. The normalized spacial score (nSPS) is 25.7. The van der Waals surface area contributed by atoms with Crippen molar-refractivity contribution in [1.82, 2.24) is 15.6 Å². The highest BCUT2D eigenvalue weighted by Gasteiger charge is 2.40. The Morgan fingerprint density at radius 1 is 1.39 bits per heavy atom. The minimum Gasteiger partial charge on any atom is -0.425 e. The number of rotatable bonds is 4. The molecule has 23 heavy (non-hydrogen) atoms. The van der Waals surface area contributed by atoms with E-state index < -0.39 is 0 Å². The van der Waals surface area contributed by atoms with E-state index >= 15 is 0 Å². The number of benzene rings is 1. The predicted molar refractivity (Wildman–Crippen MR) is 82.8 cm³/mol. The number of amides is 1. The van der Waals surface area contributed by atoms with Crippen LogP contribution in [0.25, 0.3) is 0 Å². The van der Waals surface area contributed by atoms with Crippen molar-refractivity contribution >= 4 is 17.7 Å². The summed E-state index contributed by atoms with van der Waals surface area (Å²) in [5.41, 5.74) is 0. The molecule has 2 aliphatic heterocycles. The van der Waals surface area contributed by atoms with Gasteiger partial charge in [-0.05, 0) is 43.2 Å². The van der Waals surface area contributed by atoms with Crippen LogP contribution in [0, 0.1) is 5.82 Å². The number of nitrogens with zero attached hydrogens (tertiary/aromatic N) is 1. The summed E-state index contributed by atoms with van der Waals surface area (Å²) in [6.45, 7) is 0. The lowest BCUT2D eigenvalue weighted by atomic mass is 9.95. The minimum absolute atomic E-state index is 0.0200. The van der Waals surface area contributed by atoms with Gasteiger partial charge in [-0.25, -0.2) is 9.37 Å². The average molecular weight is 333 g/mol. The number of carbonyl (C=O) groups excluding carboxylic acids is 1. The van der Waals surface area contributed by atoms with Gasteiger partial charge in [-0.1, -0.05) is 12.1 Å². The molecule has 0 saturated carbocycles. The third-order valence-corrected chi connectivity index (χ3v) is 5.28. The molecule has 3 heterocycles. The number of fused-ring (bicyclic) bond motifs is 2. The summed E-state index contributed by atoms with van der Waals surface area (Å²) in [5, 5.41) is 6.84. The summed E-state index contributed by atoms with van der Waals surface area (Å²) in [7, 11) is 0. The van der Waals surface area contributed by atoms with Gasteiger partial charge in [-0.2, -0.15) is 0 Å². The average Bonchev–Trinajstić information content (AvgIpc) is 3.26. The Morgan fingerprint density at radius 3 is 3.00 bits per heavy atom. The monoisotopic (exact) mass is 333 g/mol. The van der Waals surface area contributed by atoms with Crippen molar-refractivity contribution in [3.63, 3.8) is 0 Å². The smallest absolute Gasteiger partial charge is 0.307 e. The van der Waals surface area contributed by atoms with E-state index in [9.17, 15) is 9.18 Å². The molecule has 2 bridgehead atoms. The first-order valence-electron chi connectivity index (χ1n) is 7.64. The molecule has 4 rings (SSSR count). The van der Waals surface area contributed by atoms with Crippen LogP contribution in [0.2, 0.25) is 0 Å². The van der Waals surface area contributed by atoms with E-state index in [-0.39, 0.29) is 23.7 Å². The molecule has 2 N–H and O–H groups in total. The maximum Gasteiger partial charge on any atom is 0.307 e. The molecule has 0 aliphatic carbocycles. The van der Waals surface area contributed by atoms with Crippen molar-refractivity contribution in [2.75, 3.05) is 0 Å². The standard InChI is InChI=1S/C16H16FN3O2S/c17-10-3-1-2-4-13(10)23-14-8-18-16(22-14)15(21)20-12-7-9-5-6-11(12)19-9/h1-4,8-9,11-12,19H,5-7H2,(H,20,21). The molecule has 1 aromatic heterocycles. The highest BCUT2D eigenvalue weighted by molar-refractivity contribution is 7.99. The van der Waals surface area contributed by atoms with Crippen LogP contribution in [-0.2, 0) is 0 Å². The number of halogens is 1. The molecule has 3 atom stereocenters. The van der Waals surface area contributed by atoms with Crippen molar-refractivity contribution in [2.45, 2.75) is 47.4 Å². The van der Waals surface area contributed by atoms with Crippen LogP contribution in [0.5, 0.6) is 0 Å². The molecular formula is C16H16FN3O2S. The van der Waals surface area contributed by atoms with E-state index in [1.807, 2.05) is 0 Å². The quantitative estimate of drug-likeness (QED) is 0.900. The first-order valence-corrected chi connectivity index (χ1v) is 8.46. The highest BCUT2D eigenvalue weighted by atomic mass is 32.2. The molecule has 5 nitrogen and oxygen atoms in total. The summed E-state index contributed by atoms with van der Waals surface area (Å²) in [6, 6.07) is 7.42. The van der Waals surface area contributed by atoms with E-state index in [0.29, 0.717) is 22.1 Å². The molecule has 3 unspecified atom stereocenters. The zero-order valence-electron chi connectivity index (χ0n) is 12.3.